The van der Waals surface area contributed by atoms with Gasteiger partial charge in [0, 0.05) is 4.47 Å². The normalized spacial score (nSPS) is 20.2. The topological polar surface area (TPSA) is 58.5 Å². The number of carbonyl (C=O) groups is 2. The Morgan fingerprint density at radius 1 is 1.20 bits per heavy atom. The summed E-state index contributed by atoms with van der Waals surface area (Å²) in [5.41, 5.74) is 0.651. The molecule has 0 unspecified atom stereocenters. The van der Waals surface area contributed by atoms with Crippen LogP contribution in [0, 0.1) is 0 Å². The van der Waals surface area contributed by atoms with Crippen LogP contribution in [0.2, 0.25) is 0 Å². The van der Waals surface area contributed by atoms with E-state index in [0.717, 1.165) is 10.8 Å². The predicted octanol–water partition coefficient (Wildman–Crippen LogP) is 1.22. The first-order valence-corrected chi connectivity index (χ1v) is 5.10. The first-order valence-electron chi connectivity index (χ1n) is 4.31. The molecule has 5 heteroatoms. The van der Waals surface area contributed by atoms with Crippen molar-refractivity contribution in [3.8, 4) is 0 Å². The van der Waals surface area contributed by atoms with Crippen LogP contribution in [0.5, 0.6) is 0 Å². The van der Waals surface area contributed by atoms with Gasteiger partial charge in [-0.2, -0.15) is 0 Å². The van der Waals surface area contributed by atoms with Gasteiger partial charge in [-0.25, -0.2) is 4.99 Å². The molecule has 0 bridgehead atoms. The zero-order valence-corrected chi connectivity index (χ0v) is 9.19. The van der Waals surface area contributed by atoms with E-state index < -0.39 is 11.8 Å². The van der Waals surface area contributed by atoms with Gasteiger partial charge in [0.05, 0.1) is 6.34 Å². The van der Waals surface area contributed by atoms with Crippen molar-refractivity contribution in [3.05, 3.63) is 34.3 Å². The Morgan fingerprint density at radius 2 is 1.87 bits per heavy atom. The number of nitrogens with one attached hydrogen (secondary N) is 1. The third-order valence-electron chi connectivity index (χ3n) is 2.11. The molecule has 0 aromatic heterocycles. The van der Waals surface area contributed by atoms with Crippen molar-refractivity contribution in [2.75, 3.05) is 0 Å². The van der Waals surface area contributed by atoms with Crippen LogP contribution in [0.1, 0.15) is 11.5 Å². The standard InChI is InChI=1S/C10H7BrN2O2/c11-7-3-1-6(2-4-7)8-9(14)12-5-13-10(8)15/h1-5,8H,(H,12,13,14,15). The van der Waals surface area contributed by atoms with E-state index in [-0.39, 0.29) is 5.91 Å². The van der Waals surface area contributed by atoms with Gasteiger partial charge in [-0.15, -0.1) is 0 Å². The predicted molar refractivity (Wildman–Crippen MR) is 58.5 cm³/mol. The Bertz CT molecular complexity index is 439. The number of benzene rings is 1. The molecule has 0 spiro atoms. The fourth-order valence-electron chi connectivity index (χ4n) is 1.38. The highest BCUT2D eigenvalue weighted by Crippen LogP contribution is 2.21. The molecule has 1 N–H and O–H groups in total. The maximum Gasteiger partial charge on any atom is 0.264 e. The summed E-state index contributed by atoms with van der Waals surface area (Å²) in [5.74, 6) is -1.58. The van der Waals surface area contributed by atoms with Crippen molar-refractivity contribution in [2.24, 2.45) is 4.99 Å². The molecule has 1 aliphatic rings. The van der Waals surface area contributed by atoms with E-state index >= 15 is 0 Å². The minimum Gasteiger partial charge on any atom is -0.316 e. The van der Waals surface area contributed by atoms with Crippen LogP contribution in [-0.4, -0.2) is 18.2 Å². The van der Waals surface area contributed by atoms with E-state index in [1.807, 2.05) is 0 Å². The van der Waals surface area contributed by atoms with Crippen molar-refractivity contribution in [3.63, 3.8) is 0 Å². The van der Waals surface area contributed by atoms with E-state index in [9.17, 15) is 9.59 Å². The third-order valence-corrected chi connectivity index (χ3v) is 2.64. The molecule has 0 saturated carbocycles. The lowest BCUT2D eigenvalue weighted by atomic mass is 9.97. The summed E-state index contributed by atoms with van der Waals surface area (Å²) < 4.78 is 0.901. The van der Waals surface area contributed by atoms with E-state index in [4.69, 9.17) is 0 Å². The molecule has 0 fully saturated rings. The van der Waals surface area contributed by atoms with Gasteiger partial charge in [0.2, 0.25) is 5.91 Å². The Kier molecular flexibility index (Phi) is 2.64. The van der Waals surface area contributed by atoms with Gasteiger partial charge in [-0.3, -0.25) is 9.59 Å². The number of amides is 2. The van der Waals surface area contributed by atoms with Crippen LogP contribution >= 0.6 is 15.9 Å². The highest BCUT2D eigenvalue weighted by Gasteiger charge is 2.29. The molecule has 76 valence electrons. The summed E-state index contributed by atoms with van der Waals surface area (Å²) in [7, 11) is 0. The quantitative estimate of drug-likeness (QED) is 0.778. The average molecular weight is 267 g/mol. The second kappa shape index (κ2) is 3.94. The Labute approximate surface area is 94.5 Å². The molecule has 0 aliphatic carbocycles. The van der Waals surface area contributed by atoms with Gasteiger partial charge < -0.3 is 5.32 Å². The number of carbonyl (C=O) groups excluding carboxylic acids is 2. The first-order chi connectivity index (χ1) is 7.18. The minimum absolute atomic E-state index is 0.336. The molecule has 1 aromatic rings. The van der Waals surface area contributed by atoms with E-state index in [1.165, 1.54) is 0 Å². The van der Waals surface area contributed by atoms with Gasteiger partial charge in [-0.1, -0.05) is 28.1 Å². The monoisotopic (exact) mass is 266 g/mol. The van der Waals surface area contributed by atoms with E-state index in [1.54, 1.807) is 24.3 Å². The highest BCUT2D eigenvalue weighted by molar-refractivity contribution is 9.10. The molecule has 1 aliphatic heterocycles. The van der Waals surface area contributed by atoms with Gasteiger partial charge >= 0.3 is 0 Å². The number of nitrogens with zero attached hydrogens (tertiary/aromatic N) is 1. The number of aliphatic imine (C=N–C) groups is 1. The van der Waals surface area contributed by atoms with E-state index in [0.29, 0.717) is 5.56 Å². The van der Waals surface area contributed by atoms with Crippen LogP contribution in [0.4, 0.5) is 0 Å². The molecule has 1 aromatic carbocycles. The number of halogens is 1. The largest absolute Gasteiger partial charge is 0.316 e. The zero-order chi connectivity index (χ0) is 10.8. The summed E-state index contributed by atoms with van der Waals surface area (Å²) in [6, 6.07) is 7.03. The van der Waals surface area contributed by atoms with Gasteiger partial charge in [0.1, 0.15) is 5.92 Å². The van der Waals surface area contributed by atoms with Crippen molar-refractivity contribution in [2.45, 2.75) is 5.92 Å². The maximum absolute atomic E-state index is 11.5. The lowest BCUT2D eigenvalue weighted by Crippen LogP contribution is -2.36. The number of rotatable bonds is 1. The van der Waals surface area contributed by atoms with Crippen LogP contribution in [-0.2, 0) is 9.59 Å². The third kappa shape index (κ3) is 1.97. The molecule has 15 heavy (non-hydrogen) atoms. The fraction of sp³-hybridized carbons (Fsp3) is 0.100. The van der Waals surface area contributed by atoms with Gasteiger partial charge in [0.25, 0.3) is 5.91 Å². The minimum atomic E-state index is -0.817. The Balaban J connectivity index is 2.37. The van der Waals surface area contributed by atoms with Crippen LogP contribution in [0.3, 0.4) is 0 Å². The van der Waals surface area contributed by atoms with Gasteiger partial charge in [-0.05, 0) is 17.7 Å². The molecule has 1 atom stereocenters. The molecule has 0 saturated heterocycles. The second-order valence-electron chi connectivity index (χ2n) is 3.09. The highest BCUT2D eigenvalue weighted by atomic mass is 79.9. The smallest absolute Gasteiger partial charge is 0.264 e. The molecule has 4 nitrogen and oxygen atoms in total. The van der Waals surface area contributed by atoms with Crippen molar-refractivity contribution in [1.82, 2.24) is 5.32 Å². The number of hydrogen-bond donors (Lipinski definition) is 1. The lowest BCUT2D eigenvalue weighted by molar-refractivity contribution is -0.129. The SMILES string of the molecule is O=C1N=CNC(=O)[C@H]1c1ccc(Br)cc1. The molecule has 2 rings (SSSR count). The number of hydrogen-bond acceptors (Lipinski definition) is 2. The Hall–Kier alpha value is -1.49. The summed E-state index contributed by atoms with van der Waals surface area (Å²) in [5, 5.41) is 2.41. The first kappa shape index (κ1) is 10.0. The summed E-state index contributed by atoms with van der Waals surface area (Å²) in [4.78, 5) is 26.4. The molecular weight excluding hydrogens is 260 g/mol. The van der Waals surface area contributed by atoms with Crippen LogP contribution in [0.25, 0.3) is 0 Å². The second-order valence-corrected chi connectivity index (χ2v) is 4.01. The maximum atomic E-state index is 11.5. The molecular formula is C10H7BrN2O2. The molecule has 2 amide bonds. The zero-order valence-electron chi connectivity index (χ0n) is 7.61. The van der Waals surface area contributed by atoms with E-state index in [2.05, 4.69) is 26.2 Å². The summed E-state index contributed by atoms with van der Waals surface area (Å²) >= 11 is 3.28. The van der Waals surface area contributed by atoms with Crippen molar-refractivity contribution in [1.29, 1.82) is 0 Å². The van der Waals surface area contributed by atoms with Crippen LogP contribution in [0.15, 0.2) is 33.7 Å². The molecule has 0 radical (unpaired) electrons. The lowest BCUT2D eigenvalue weighted by Gasteiger charge is -2.15. The summed E-state index contributed by atoms with van der Waals surface area (Å²) in [6.45, 7) is 0. The van der Waals surface area contributed by atoms with Crippen molar-refractivity contribution >= 4 is 34.1 Å². The van der Waals surface area contributed by atoms with Crippen LogP contribution < -0.4 is 5.32 Å². The Morgan fingerprint density at radius 3 is 2.47 bits per heavy atom. The molecule has 1 heterocycles. The summed E-state index contributed by atoms with van der Waals surface area (Å²) in [6.07, 6.45) is 1.13. The average Bonchev–Trinajstić information content (AvgIpc) is 2.20. The van der Waals surface area contributed by atoms with Crippen molar-refractivity contribution < 1.29 is 9.59 Å². The fourth-order valence-corrected chi connectivity index (χ4v) is 1.64. The van der Waals surface area contributed by atoms with Gasteiger partial charge in [0.15, 0.2) is 0 Å².